The minimum atomic E-state index is -1.48. The average Bonchev–Trinajstić information content (AvgIpc) is 3.26. The number of methoxy groups -OCH3 is 1. The van der Waals surface area contributed by atoms with Gasteiger partial charge in [0.1, 0.15) is 11.6 Å². The number of anilines is 1. The number of hydrogen-bond donors (Lipinski definition) is 3. The summed E-state index contributed by atoms with van der Waals surface area (Å²) in [6.07, 6.45) is 2.26. The highest BCUT2D eigenvalue weighted by atomic mass is 35.5. The normalized spacial score (nSPS) is 21.8. The lowest BCUT2D eigenvalue weighted by atomic mass is 9.62. The number of carbonyl (C=O) groups is 2. The molecule has 43 heavy (non-hydrogen) atoms. The van der Waals surface area contributed by atoms with E-state index in [1.165, 1.54) is 31.4 Å². The van der Waals surface area contributed by atoms with Crippen LogP contribution in [0.3, 0.4) is 0 Å². The molecule has 3 N–H and O–H groups in total. The minimum Gasteiger partial charge on any atom is -0.469 e. The number of ether oxygens (including phenoxy) is 1. The molecule has 3 aromatic rings. The van der Waals surface area contributed by atoms with Crippen LogP contribution in [0.25, 0.3) is 0 Å². The Labute approximate surface area is 260 Å². The molecule has 1 fully saturated rings. The van der Waals surface area contributed by atoms with E-state index in [1.54, 1.807) is 30.3 Å². The Morgan fingerprint density at radius 1 is 1.09 bits per heavy atom. The van der Waals surface area contributed by atoms with Crippen LogP contribution in [0.5, 0.6) is 0 Å². The van der Waals surface area contributed by atoms with Crippen LogP contribution in [0, 0.1) is 22.5 Å². The summed E-state index contributed by atoms with van der Waals surface area (Å²) in [5, 5.41) is 15.1. The Hall–Kier alpha value is -3.33. The Bertz CT molecular complexity index is 1510. The summed E-state index contributed by atoms with van der Waals surface area (Å²) in [5.41, 5.74) is -0.204. The van der Waals surface area contributed by atoms with Crippen molar-refractivity contribution in [3.05, 3.63) is 99.0 Å². The van der Waals surface area contributed by atoms with Gasteiger partial charge >= 0.3 is 5.97 Å². The Morgan fingerprint density at radius 2 is 1.79 bits per heavy atom. The van der Waals surface area contributed by atoms with Crippen LogP contribution in [0.2, 0.25) is 10.0 Å². The van der Waals surface area contributed by atoms with E-state index in [9.17, 15) is 9.59 Å². The lowest BCUT2D eigenvalue weighted by Crippen LogP contribution is -2.46. The van der Waals surface area contributed by atoms with Gasteiger partial charge in [-0.2, -0.15) is 0 Å². The molecule has 1 heterocycles. The van der Waals surface area contributed by atoms with Crippen molar-refractivity contribution in [1.82, 2.24) is 5.32 Å². The van der Waals surface area contributed by atoms with Crippen LogP contribution in [-0.2, 0) is 26.2 Å². The quantitative estimate of drug-likeness (QED) is 0.169. The largest absolute Gasteiger partial charge is 0.469 e. The van der Waals surface area contributed by atoms with E-state index in [0.29, 0.717) is 18.5 Å². The standard InChI is InChI=1S/C33H35Cl2F2N3O3/c1-32(2,3)17-26-33(18-38,23-14-11-20(34)16-25(23)36)28(22-6-5-7-24(35)29(22)37)30(40-26)31(42)39-21-12-8-19(9-13-21)10-15-27(41)43-4/h5-9,11-14,16,18,26,28,30,38,40H,10,15,17H2,1-4H3,(H,39,42). The van der Waals surface area contributed by atoms with Gasteiger partial charge < -0.3 is 20.8 Å². The van der Waals surface area contributed by atoms with Crippen LogP contribution in [0.1, 0.15) is 56.2 Å². The van der Waals surface area contributed by atoms with Crippen molar-refractivity contribution in [2.45, 2.75) is 63.5 Å². The maximum absolute atomic E-state index is 15.8. The van der Waals surface area contributed by atoms with Gasteiger partial charge in [-0.3, -0.25) is 9.59 Å². The second-order valence-electron chi connectivity index (χ2n) is 12.0. The highest BCUT2D eigenvalue weighted by molar-refractivity contribution is 6.31. The molecule has 1 saturated heterocycles. The van der Waals surface area contributed by atoms with E-state index in [2.05, 4.69) is 10.6 Å². The third-order valence-corrected chi connectivity index (χ3v) is 8.45. The molecule has 10 heteroatoms. The molecule has 0 saturated carbocycles. The van der Waals surface area contributed by atoms with Crippen LogP contribution in [0.15, 0.2) is 60.7 Å². The maximum Gasteiger partial charge on any atom is 0.305 e. The van der Waals surface area contributed by atoms with Gasteiger partial charge in [0.2, 0.25) is 5.91 Å². The lowest BCUT2D eigenvalue weighted by molar-refractivity contribution is -0.140. The molecule has 1 aliphatic rings. The molecule has 4 rings (SSSR count). The predicted octanol–water partition coefficient (Wildman–Crippen LogP) is 7.46. The molecule has 3 aromatic carbocycles. The van der Waals surface area contributed by atoms with Gasteiger partial charge in [0, 0.05) is 40.9 Å². The third kappa shape index (κ3) is 6.92. The smallest absolute Gasteiger partial charge is 0.305 e. The van der Waals surface area contributed by atoms with Crippen LogP contribution >= 0.6 is 23.2 Å². The second kappa shape index (κ2) is 13.1. The maximum atomic E-state index is 15.8. The summed E-state index contributed by atoms with van der Waals surface area (Å²) in [7, 11) is 1.33. The van der Waals surface area contributed by atoms with Crippen LogP contribution in [0.4, 0.5) is 14.5 Å². The van der Waals surface area contributed by atoms with Crippen LogP contribution in [-0.4, -0.2) is 37.3 Å². The van der Waals surface area contributed by atoms with Crippen molar-refractivity contribution in [1.29, 1.82) is 5.41 Å². The number of halogens is 4. The number of hydrogen-bond acceptors (Lipinski definition) is 5. The summed E-state index contributed by atoms with van der Waals surface area (Å²) >= 11 is 12.3. The van der Waals surface area contributed by atoms with Crippen LogP contribution < -0.4 is 10.6 Å². The first-order chi connectivity index (χ1) is 20.3. The molecule has 4 unspecified atom stereocenters. The van der Waals surface area contributed by atoms with E-state index in [4.69, 9.17) is 33.3 Å². The molecule has 1 amide bonds. The first kappa shape index (κ1) is 32.6. The fourth-order valence-corrected chi connectivity index (χ4v) is 6.34. The first-order valence-electron chi connectivity index (χ1n) is 13.9. The second-order valence-corrected chi connectivity index (χ2v) is 12.9. The fourth-order valence-electron chi connectivity index (χ4n) is 6.00. The van der Waals surface area contributed by atoms with Gasteiger partial charge in [0.05, 0.1) is 23.6 Å². The molecule has 0 spiro atoms. The number of esters is 1. The monoisotopic (exact) mass is 629 g/mol. The number of nitrogens with one attached hydrogen (secondary N) is 3. The highest BCUT2D eigenvalue weighted by Crippen LogP contribution is 2.52. The van der Waals surface area contributed by atoms with E-state index in [0.717, 1.165) is 17.8 Å². The molecule has 228 valence electrons. The molecule has 1 aliphatic heterocycles. The number of amides is 1. The number of carbonyl (C=O) groups excluding carboxylic acids is 2. The van der Waals surface area contributed by atoms with Crippen molar-refractivity contribution >= 4 is 47.0 Å². The van der Waals surface area contributed by atoms with Crippen molar-refractivity contribution in [2.75, 3.05) is 12.4 Å². The summed E-state index contributed by atoms with van der Waals surface area (Å²) in [6.45, 7) is 6.02. The van der Waals surface area contributed by atoms with Gasteiger partial charge in [0.15, 0.2) is 0 Å². The zero-order chi connectivity index (χ0) is 31.5. The molecule has 6 nitrogen and oxygen atoms in total. The molecule has 0 bridgehead atoms. The van der Waals surface area contributed by atoms with E-state index >= 15 is 8.78 Å². The van der Waals surface area contributed by atoms with Gasteiger partial charge in [-0.1, -0.05) is 74.3 Å². The number of rotatable bonds is 9. The summed E-state index contributed by atoms with van der Waals surface area (Å²) in [5.74, 6) is -3.25. The van der Waals surface area contributed by atoms with Crippen molar-refractivity contribution in [3.63, 3.8) is 0 Å². The SMILES string of the molecule is COC(=O)CCc1ccc(NC(=O)C2NC(CC(C)(C)C)C(C=N)(c3ccc(Cl)cc3F)C2c2cccc(Cl)c2F)cc1. The van der Waals surface area contributed by atoms with E-state index in [1.807, 2.05) is 20.8 Å². The summed E-state index contributed by atoms with van der Waals surface area (Å²) in [6, 6.07) is 14.0. The highest BCUT2D eigenvalue weighted by Gasteiger charge is 2.59. The van der Waals surface area contributed by atoms with Gasteiger partial charge in [-0.15, -0.1) is 0 Å². The van der Waals surface area contributed by atoms with Gasteiger partial charge in [-0.25, -0.2) is 8.78 Å². The third-order valence-electron chi connectivity index (χ3n) is 7.92. The fraction of sp³-hybridized carbons (Fsp3) is 0.364. The molecule has 0 aromatic heterocycles. The Balaban J connectivity index is 1.81. The zero-order valence-corrected chi connectivity index (χ0v) is 26.0. The topological polar surface area (TPSA) is 91.3 Å². The zero-order valence-electron chi connectivity index (χ0n) is 24.4. The van der Waals surface area contributed by atoms with Crippen molar-refractivity contribution < 1.29 is 23.1 Å². The molecule has 0 radical (unpaired) electrons. The molecule has 0 aliphatic carbocycles. The Kier molecular flexibility index (Phi) is 9.94. The Morgan fingerprint density at radius 3 is 2.40 bits per heavy atom. The predicted molar refractivity (Wildman–Crippen MR) is 166 cm³/mol. The molecule has 4 atom stereocenters. The molecular weight excluding hydrogens is 595 g/mol. The first-order valence-corrected chi connectivity index (χ1v) is 14.7. The van der Waals surface area contributed by atoms with Gasteiger partial charge in [0.25, 0.3) is 0 Å². The summed E-state index contributed by atoms with van der Waals surface area (Å²) < 4.78 is 36.3. The molecular formula is C33H35Cl2F2N3O3. The lowest BCUT2D eigenvalue weighted by Gasteiger charge is -2.40. The minimum absolute atomic E-state index is 0.0903. The summed E-state index contributed by atoms with van der Waals surface area (Å²) in [4.78, 5) is 25.5. The number of aryl methyl sites for hydroxylation is 1. The van der Waals surface area contributed by atoms with E-state index in [-0.39, 0.29) is 39.0 Å². The van der Waals surface area contributed by atoms with E-state index < -0.39 is 41.0 Å². The van der Waals surface area contributed by atoms with Crippen molar-refractivity contribution in [2.24, 2.45) is 5.41 Å². The van der Waals surface area contributed by atoms with Crippen molar-refractivity contribution in [3.8, 4) is 0 Å². The van der Waals surface area contributed by atoms with Gasteiger partial charge in [-0.05, 0) is 59.7 Å². The number of benzene rings is 3. The average molecular weight is 631 g/mol.